The molecule has 0 aliphatic carbocycles. The van der Waals surface area contributed by atoms with Gasteiger partial charge < -0.3 is 82.0 Å². The molecule has 1 aliphatic heterocycles. The number of amides is 7. The molecule has 68 heavy (non-hydrogen) atoms. The third-order valence-electron chi connectivity index (χ3n) is 11.7. The van der Waals surface area contributed by atoms with E-state index in [0.717, 1.165) is 0 Å². The average molecular weight is 967 g/mol. The summed E-state index contributed by atoms with van der Waals surface area (Å²) in [6, 6.07) is -9.09. The number of nitrogens with one attached hydrogen (secondary N) is 6. The second kappa shape index (κ2) is 32.0. The molecule has 1 fully saturated rings. The number of unbranched alkanes of at least 4 members (excludes halogenated alkanes) is 2. The van der Waals surface area contributed by atoms with Gasteiger partial charge >= 0.3 is 5.97 Å². The molecule has 1 rings (SSSR count). The van der Waals surface area contributed by atoms with Crippen molar-refractivity contribution in [2.24, 2.45) is 62.0 Å². The molecule has 0 radical (unpaired) electrons. The molecule has 21 N–H and O–H groups in total. The standard InChI is InChI=1S/C43H82N16O9/c1-6-25(4)33(41(67)68)58-38(64)28(15-8-10-20-45)54-34(60)26(5)53-35(61)27(14-7-9-19-44)55-36(62)29(16-11-21-51-42(47)48)56-37(63)30(17-12-22-52-43(49)50)57-39(65)31-18-13-23-59(31)40(66)32(46)24(2)3/h24-33H,6-23,44-46H2,1-5H3,(H,53,61)(H,54,60)(H,55,62)(H,56,63)(H,57,65)(H,58,64)(H,67,68)(H4,47,48,51)(H4,49,50,52). The molecule has 7 amide bonds. The maximum absolute atomic E-state index is 14.2. The van der Waals surface area contributed by atoms with Crippen molar-refractivity contribution in [1.82, 2.24) is 36.8 Å². The summed E-state index contributed by atoms with van der Waals surface area (Å²) in [5, 5.41) is 25.7. The van der Waals surface area contributed by atoms with Gasteiger partial charge in [-0.2, -0.15) is 0 Å². The Morgan fingerprint density at radius 3 is 1.47 bits per heavy atom. The number of hydrogen-bond donors (Lipinski definition) is 14. The van der Waals surface area contributed by atoms with Crippen LogP contribution in [0.1, 0.15) is 118 Å². The first-order valence-electron chi connectivity index (χ1n) is 23.7. The number of carboxylic acids is 1. The Morgan fingerprint density at radius 1 is 0.618 bits per heavy atom. The van der Waals surface area contributed by atoms with Gasteiger partial charge in [0, 0.05) is 19.6 Å². The molecule has 1 aliphatic rings. The largest absolute Gasteiger partial charge is 0.480 e. The maximum atomic E-state index is 14.2. The van der Waals surface area contributed by atoms with Crippen molar-refractivity contribution in [2.45, 2.75) is 166 Å². The zero-order valence-corrected chi connectivity index (χ0v) is 40.6. The molecule has 0 aromatic rings. The Labute approximate surface area is 399 Å². The molecule has 388 valence electrons. The van der Waals surface area contributed by atoms with E-state index in [1.807, 2.05) is 0 Å². The van der Waals surface area contributed by atoms with Gasteiger partial charge in [-0.15, -0.1) is 0 Å². The zero-order chi connectivity index (χ0) is 51.5. The number of nitrogens with two attached hydrogens (primary N) is 7. The van der Waals surface area contributed by atoms with E-state index >= 15 is 0 Å². The van der Waals surface area contributed by atoms with Crippen LogP contribution in [0.2, 0.25) is 0 Å². The van der Waals surface area contributed by atoms with Gasteiger partial charge in [0.05, 0.1) is 6.04 Å². The molecule has 9 unspecified atom stereocenters. The molecule has 0 bridgehead atoms. The number of rotatable bonds is 33. The minimum Gasteiger partial charge on any atom is -0.480 e. The van der Waals surface area contributed by atoms with Gasteiger partial charge in [-0.25, -0.2) is 4.79 Å². The van der Waals surface area contributed by atoms with Crippen molar-refractivity contribution in [2.75, 3.05) is 32.7 Å². The number of nitrogens with zero attached hydrogens (tertiary/aromatic N) is 3. The fraction of sp³-hybridized carbons (Fsp3) is 0.767. The number of guanidine groups is 2. The van der Waals surface area contributed by atoms with Crippen LogP contribution in [0.3, 0.4) is 0 Å². The number of aliphatic imine (C=N–C) groups is 2. The highest BCUT2D eigenvalue weighted by molar-refractivity contribution is 5.97. The van der Waals surface area contributed by atoms with Gasteiger partial charge in [0.25, 0.3) is 0 Å². The smallest absolute Gasteiger partial charge is 0.326 e. The average Bonchev–Trinajstić information content (AvgIpc) is 3.78. The first kappa shape index (κ1) is 60.2. The van der Waals surface area contributed by atoms with Crippen molar-refractivity contribution in [3.05, 3.63) is 0 Å². The molecule has 1 saturated heterocycles. The first-order valence-corrected chi connectivity index (χ1v) is 23.7. The van der Waals surface area contributed by atoms with E-state index in [1.54, 1.807) is 27.7 Å². The lowest BCUT2D eigenvalue weighted by molar-refractivity contribution is -0.144. The Morgan fingerprint density at radius 2 is 1.04 bits per heavy atom. The van der Waals surface area contributed by atoms with Crippen LogP contribution >= 0.6 is 0 Å². The fourth-order valence-corrected chi connectivity index (χ4v) is 7.27. The van der Waals surface area contributed by atoms with Gasteiger partial charge in [0.2, 0.25) is 41.4 Å². The van der Waals surface area contributed by atoms with Crippen LogP contribution in [0.5, 0.6) is 0 Å². The predicted molar refractivity (Wildman–Crippen MR) is 258 cm³/mol. The number of aliphatic carboxylic acids is 1. The molecular formula is C43H82N16O9. The van der Waals surface area contributed by atoms with Crippen molar-refractivity contribution in [3.8, 4) is 0 Å². The lowest BCUT2D eigenvalue weighted by atomic mass is 9.98. The molecule has 1 heterocycles. The minimum absolute atomic E-state index is 0.0235. The molecule has 9 atom stereocenters. The van der Waals surface area contributed by atoms with E-state index < -0.39 is 95.7 Å². The zero-order valence-electron chi connectivity index (χ0n) is 40.6. The van der Waals surface area contributed by atoms with E-state index in [-0.39, 0.29) is 81.9 Å². The van der Waals surface area contributed by atoms with E-state index in [9.17, 15) is 43.5 Å². The van der Waals surface area contributed by atoms with Crippen molar-refractivity contribution < 1.29 is 43.5 Å². The van der Waals surface area contributed by atoms with Crippen LogP contribution in [0.15, 0.2) is 9.98 Å². The van der Waals surface area contributed by atoms with Gasteiger partial charge in [-0.05, 0) is 109 Å². The predicted octanol–water partition coefficient (Wildman–Crippen LogP) is -3.61. The fourth-order valence-electron chi connectivity index (χ4n) is 7.27. The van der Waals surface area contributed by atoms with E-state index in [0.29, 0.717) is 58.0 Å². The SMILES string of the molecule is CCC(C)C(NC(=O)C(CCCCN)NC(=O)C(C)NC(=O)C(CCCCN)NC(=O)C(CCCN=C(N)N)NC(=O)C(CCCN=C(N)N)NC(=O)C1CCCN1C(=O)C(N)C(C)C)C(=O)O. The molecule has 0 saturated carbocycles. The summed E-state index contributed by atoms with van der Waals surface area (Å²) >= 11 is 0. The van der Waals surface area contributed by atoms with Gasteiger partial charge in [0.1, 0.15) is 42.3 Å². The van der Waals surface area contributed by atoms with E-state index in [1.165, 1.54) is 11.8 Å². The molecule has 25 nitrogen and oxygen atoms in total. The summed E-state index contributed by atoms with van der Waals surface area (Å²) in [6.07, 6.45) is 3.84. The molecule has 0 aromatic carbocycles. The quantitative estimate of drug-likeness (QED) is 0.0172. The number of likely N-dealkylation sites (tertiary alicyclic amines) is 1. The Balaban J connectivity index is 3.42. The molecule has 0 aromatic heterocycles. The molecule has 25 heteroatoms. The van der Waals surface area contributed by atoms with E-state index in [4.69, 9.17) is 40.1 Å². The van der Waals surface area contributed by atoms with Crippen molar-refractivity contribution in [1.29, 1.82) is 0 Å². The number of carboxylic acid groups (broad SMARTS) is 1. The van der Waals surface area contributed by atoms with E-state index in [2.05, 4.69) is 41.9 Å². The highest BCUT2D eigenvalue weighted by Crippen LogP contribution is 2.20. The Bertz CT molecular complexity index is 1710. The van der Waals surface area contributed by atoms with Crippen LogP contribution in [-0.4, -0.2) is 150 Å². The summed E-state index contributed by atoms with van der Waals surface area (Å²) in [4.78, 5) is 117. The van der Waals surface area contributed by atoms with Crippen LogP contribution in [0, 0.1) is 11.8 Å². The Kier molecular flexibility index (Phi) is 28.3. The van der Waals surface area contributed by atoms with Crippen LogP contribution in [0.25, 0.3) is 0 Å². The molecular weight excluding hydrogens is 885 g/mol. The van der Waals surface area contributed by atoms with Gasteiger partial charge in [0.15, 0.2) is 11.9 Å². The second-order valence-corrected chi connectivity index (χ2v) is 17.6. The highest BCUT2D eigenvalue weighted by Gasteiger charge is 2.39. The second-order valence-electron chi connectivity index (χ2n) is 17.6. The molecule has 0 spiro atoms. The topological polar surface area (TPSA) is 439 Å². The summed E-state index contributed by atoms with van der Waals surface area (Å²) < 4.78 is 0. The number of carbonyl (C=O) groups excluding carboxylic acids is 7. The number of hydrogen-bond acceptors (Lipinski definition) is 13. The summed E-state index contributed by atoms with van der Waals surface area (Å²) in [5.41, 5.74) is 39.5. The highest BCUT2D eigenvalue weighted by atomic mass is 16.4. The van der Waals surface area contributed by atoms with Gasteiger partial charge in [-0.3, -0.25) is 43.5 Å². The summed E-state index contributed by atoms with van der Waals surface area (Å²) in [7, 11) is 0. The van der Waals surface area contributed by atoms with Crippen LogP contribution in [0.4, 0.5) is 0 Å². The number of carbonyl (C=O) groups is 8. The van der Waals surface area contributed by atoms with Crippen molar-refractivity contribution >= 4 is 59.2 Å². The van der Waals surface area contributed by atoms with Crippen LogP contribution < -0.4 is 72.0 Å². The third kappa shape index (κ3) is 21.9. The lowest BCUT2D eigenvalue weighted by Crippen LogP contribution is -2.60. The normalized spacial score (nSPS) is 16.9. The third-order valence-corrected chi connectivity index (χ3v) is 11.7. The van der Waals surface area contributed by atoms with Crippen LogP contribution in [-0.2, 0) is 38.4 Å². The minimum atomic E-state index is -1.30. The van der Waals surface area contributed by atoms with Crippen molar-refractivity contribution in [3.63, 3.8) is 0 Å². The monoisotopic (exact) mass is 967 g/mol. The Hall–Kier alpha value is -5.82. The maximum Gasteiger partial charge on any atom is 0.326 e. The summed E-state index contributed by atoms with van der Waals surface area (Å²) in [5.74, 6) is -6.90. The van der Waals surface area contributed by atoms with Gasteiger partial charge in [-0.1, -0.05) is 34.1 Å². The lowest BCUT2D eigenvalue weighted by Gasteiger charge is -2.30. The first-order chi connectivity index (χ1) is 32.1. The summed E-state index contributed by atoms with van der Waals surface area (Å²) in [6.45, 7) is 9.56.